The molecule has 0 aliphatic carbocycles. The van der Waals surface area contributed by atoms with E-state index >= 15 is 0 Å². The Bertz CT molecular complexity index is 880. The lowest BCUT2D eigenvalue weighted by atomic mass is 9.89. The van der Waals surface area contributed by atoms with Gasteiger partial charge in [0.2, 0.25) is 5.91 Å². The van der Waals surface area contributed by atoms with Crippen molar-refractivity contribution in [1.82, 2.24) is 9.80 Å². The molecule has 0 spiro atoms. The Morgan fingerprint density at radius 2 is 1.86 bits per heavy atom. The van der Waals surface area contributed by atoms with Crippen LogP contribution in [0.4, 0.5) is 0 Å². The number of carbonyl (C=O) groups is 2. The monoisotopic (exact) mass is 378 g/mol. The van der Waals surface area contributed by atoms with E-state index in [1.807, 2.05) is 11.0 Å². The predicted molar refractivity (Wildman–Crippen MR) is 107 cm³/mol. The van der Waals surface area contributed by atoms with Crippen LogP contribution < -0.4 is 0 Å². The van der Waals surface area contributed by atoms with Crippen molar-refractivity contribution in [3.8, 4) is 0 Å². The molecule has 4 rings (SSSR count). The number of aromatic carboxylic acids is 1. The van der Waals surface area contributed by atoms with Crippen LogP contribution in [0, 0.1) is 0 Å². The van der Waals surface area contributed by atoms with Crippen LogP contribution in [-0.2, 0) is 17.8 Å². The van der Waals surface area contributed by atoms with Gasteiger partial charge in [-0.25, -0.2) is 4.79 Å². The number of benzene rings is 2. The molecule has 2 aromatic carbocycles. The number of fused-ring (bicyclic) bond motifs is 1. The van der Waals surface area contributed by atoms with Crippen LogP contribution in [0.25, 0.3) is 0 Å². The van der Waals surface area contributed by atoms with Crippen molar-refractivity contribution in [3.63, 3.8) is 0 Å². The minimum Gasteiger partial charge on any atom is -0.478 e. The zero-order valence-corrected chi connectivity index (χ0v) is 16.0. The fraction of sp³-hybridized carbons (Fsp3) is 0.391. The van der Waals surface area contributed by atoms with E-state index in [1.165, 1.54) is 11.1 Å². The van der Waals surface area contributed by atoms with E-state index in [4.69, 9.17) is 0 Å². The second-order valence-corrected chi connectivity index (χ2v) is 7.84. The summed E-state index contributed by atoms with van der Waals surface area (Å²) >= 11 is 0. The molecule has 2 aliphatic heterocycles. The molecule has 0 aromatic heterocycles. The molecule has 0 saturated carbocycles. The quantitative estimate of drug-likeness (QED) is 0.888. The highest BCUT2D eigenvalue weighted by Crippen LogP contribution is 2.28. The van der Waals surface area contributed by atoms with E-state index in [-0.39, 0.29) is 11.8 Å². The van der Waals surface area contributed by atoms with Gasteiger partial charge >= 0.3 is 5.97 Å². The average molecular weight is 378 g/mol. The van der Waals surface area contributed by atoms with Crippen LogP contribution in [-0.4, -0.2) is 53.0 Å². The van der Waals surface area contributed by atoms with Gasteiger partial charge in [0, 0.05) is 32.1 Å². The molecule has 146 valence electrons. The van der Waals surface area contributed by atoms with Crippen LogP contribution in [0.5, 0.6) is 0 Å². The third kappa shape index (κ3) is 4.09. The Morgan fingerprint density at radius 3 is 2.68 bits per heavy atom. The van der Waals surface area contributed by atoms with Crippen molar-refractivity contribution in [3.05, 3.63) is 70.8 Å². The van der Waals surface area contributed by atoms with Crippen molar-refractivity contribution in [1.29, 1.82) is 0 Å². The van der Waals surface area contributed by atoms with Crippen molar-refractivity contribution >= 4 is 11.9 Å². The van der Waals surface area contributed by atoms with Gasteiger partial charge in [0.05, 0.1) is 12.1 Å². The van der Waals surface area contributed by atoms with Gasteiger partial charge in [-0.1, -0.05) is 36.4 Å². The number of likely N-dealkylation sites (tertiary alicyclic amines) is 1. The van der Waals surface area contributed by atoms with Crippen LogP contribution in [0.2, 0.25) is 0 Å². The molecule has 2 heterocycles. The summed E-state index contributed by atoms with van der Waals surface area (Å²) in [5.41, 5.74) is 4.04. The first-order valence-corrected chi connectivity index (χ1v) is 10.0. The average Bonchev–Trinajstić information content (AvgIpc) is 2.74. The van der Waals surface area contributed by atoms with Crippen LogP contribution in [0.1, 0.15) is 45.8 Å². The van der Waals surface area contributed by atoms with E-state index in [1.54, 1.807) is 18.2 Å². The first-order chi connectivity index (χ1) is 13.6. The van der Waals surface area contributed by atoms with E-state index in [0.717, 1.165) is 44.5 Å². The number of hydrogen-bond donors (Lipinski definition) is 1. The van der Waals surface area contributed by atoms with Gasteiger partial charge < -0.3 is 10.0 Å². The minimum atomic E-state index is -0.907. The number of hydrogen-bond acceptors (Lipinski definition) is 3. The summed E-state index contributed by atoms with van der Waals surface area (Å²) < 4.78 is 0. The maximum atomic E-state index is 12.9. The second-order valence-electron chi connectivity index (χ2n) is 7.84. The minimum absolute atomic E-state index is 0.179. The molecule has 1 atom stereocenters. The molecule has 1 amide bonds. The SMILES string of the molecule is O=C(O)c1cccc(C2CCCN(C(=O)CN3CCc4ccccc4C3)C2)c1. The molecule has 0 radical (unpaired) electrons. The molecule has 1 saturated heterocycles. The van der Waals surface area contributed by atoms with Crippen LogP contribution in [0.3, 0.4) is 0 Å². The van der Waals surface area contributed by atoms with E-state index < -0.39 is 5.97 Å². The van der Waals surface area contributed by atoms with Crippen molar-refractivity contribution < 1.29 is 14.7 Å². The molecule has 28 heavy (non-hydrogen) atoms. The van der Waals surface area contributed by atoms with Crippen molar-refractivity contribution in [2.24, 2.45) is 0 Å². The zero-order valence-electron chi connectivity index (χ0n) is 16.0. The molecular formula is C23H26N2O3. The first-order valence-electron chi connectivity index (χ1n) is 10.0. The first kappa shape index (κ1) is 18.7. The second kappa shape index (κ2) is 8.15. The molecule has 1 N–H and O–H groups in total. The Kier molecular flexibility index (Phi) is 5.44. The summed E-state index contributed by atoms with van der Waals surface area (Å²) in [5, 5.41) is 9.23. The highest BCUT2D eigenvalue weighted by Gasteiger charge is 2.27. The molecule has 1 unspecified atom stereocenters. The normalized spacial score (nSPS) is 19.9. The third-order valence-corrected chi connectivity index (χ3v) is 5.95. The zero-order chi connectivity index (χ0) is 19.5. The summed E-state index contributed by atoms with van der Waals surface area (Å²) in [6.45, 7) is 3.67. The van der Waals surface area contributed by atoms with Gasteiger partial charge in [-0.3, -0.25) is 9.69 Å². The Morgan fingerprint density at radius 1 is 1.04 bits per heavy atom. The lowest BCUT2D eigenvalue weighted by molar-refractivity contribution is -0.133. The molecule has 2 aliphatic rings. The largest absolute Gasteiger partial charge is 0.478 e. The van der Waals surface area contributed by atoms with Gasteiger partial charge in [-0.2, -0.15) is 0 Å². The molecule has 5 heteroatoms. The maximum absolute atomic E-state index is 12.9. The van der Waals surface area contributed by atoms with Crippen molar-refractivity contribution in [2.75, 3.05) is 26.2 Å². The molecule has 1 fully saturated rings. The fourth-order valence-corrected chi connectivity index (χ4v) is 4.38. The van der Waals surface area contributed by atoms with Gasteiger partial charge in [-0.05, 0) is 48.1 Å². The lowest BCUT2D eigenvalue weighted by Crippen LogP contribution is -2.45. The fourth-order valence-electron chi connectivity index (χ4n) is 4.38. The standard InChI is InChI=1S/C23H26N2O3/c26-22(16-24-12-10-17-5-1-2-6-20(17)14-24)25-11-4-9-21(15-25)18-7-3-8-19(13-18)23(27)28/h1-3,5-8,13,21H,4,9-12,14-16H2,(H,27,28). The third-order valence-electron chi connectivity index (χ3n) is 5.95. The van der Waals surface area contributed by atoms with Gasteiger partial charge in [0.1, 0.15) is 0 Å². The highest BCUT2D eigenvalue weighted by molar-refractivity contribution is 5.87. The Hall–Kier alpha value is -2.66. The topological polar surface area (TPSA) is 60.9 Å². The van der Waals surface area contributed by atoms with Crippen LogP contribution >= 0.6 is 0 Å². The predicted octanol–water partition coefficient (Wildman–Crippen LogP) is 3.15. The van der Waals surface area contributed by atoms with Gasteiger partial charge in [-0.15, -0.1) is 0 Å². The molecule has 0 bridgehead atoms. The number of amides is 1. The molecule has 5 nitrogen and oxygen atoms in total. The Labute approximate surface area is 165 Å². The Balaban J connectivity index is 1.39. The van der Waals surface area contributed by atoms with E-state index in [2.05, 4.69) is 29.2 Å². The molecular weight excluding hydrogens is 352 g/mol. The van der Waals surface area contributed by atoms with Crippen molar-refractivity contribution in [2.45, 2.75) is 31.7 Å². The number of carbonyl (C=O) groups excluding carboxylic acids is 1. The van der Waals surface area contributed by atoms with E-state index in [0.29, 0.717) is 18.7 Å². The summed E-state index contributed by atoms with van der Waals surface area (Å²) in [7, 11) is 0. The highest BCUT2D eigenvalue weighted by atomic mass is 16.4. The summed E-state index contributed by atoms with van der Waals surface area (Å²) in [4.78, 5) is 28.4. The molecule has 2 aromatic rings. The number of piperidine rings is 1. The maximum Gasteiger partial charge on any atom is 0.335 e. The summed E-state index contributed by atoms with van der Waals surface area (Å²) in [6, 6.07) is 15.6. The number of rotatable bonds is 4. The van der Waals surface area contributed by atoms with Crippen LogP contribution in [0.15, 0.2) is 48.5 Å². The number of carboxylic acid groups (broad SMARTS) is 1. The van der Waals surface area contributed by atoms with Gasteiger partial charge in [0.15, 0.2) is 0 Å². The number of carboxylic acids is 1. The number of nitrogens with zero attached hydrogens (tertiary/aromatic N) is 2. The smallest absolute Gasteiger partial charge is 0.335 e. The lowest BCUT2D eigenvalue weighted by Gasteiger charge is -2.35. The summed E-state index contributed by atoms with van der Waals surface area (Å²) in [5.74, 6) is -0.520. The van der Waals surface area contributed by atoms with Gasteiger partial charge in [0.25, 0.3) is 0 Å². The van der Waals surface area contributed by atoms with E-state index in [9.17, 15) is 14.7 Å². The summed E-state index contributed by atoms with van der Waals surface area (Å²) in [6.07, 6.45) is 2.94.